The summed E-state index contributed by atoms with van der Waals surface area (Å²) in [5.41, 5.74) is 7.16. The average Bonchev–Trinajstić information content (AvgIpc) is 2.79. The summed E-state index contributed by atoms with van der Waals surface area (Å²) in [6.45, 7) is 3.99. The third kappa shape index (κ3) is 2.76. The molecule has 2 rings (SSSR count). The van der Waals surface area contributed by atoms with Crippen molar-refractivity contribution in [1.29, 1.82) is 0 Å². The number of nitrogen functional groups attached to an aromatic ring is 1. The number of nitrogens with two attached hydrogens (primary N) is 1. The standard InChI is InChI=1S/C14H17N3O2/c1-3-19-14(18)13(17-9-8-16-10(17)2)11-4-6-12(15)7-5-11/h4-9,13H,3,15H2,1-2H3. The molecule has 0 bridgehead atoms. The number of rotatable bonds is 4. The van der Waals surface area contributed by atoms with Gasteiger partial charge in [0.1, 0.15) is 5.82 Å². The molecule has 2 N–H and O–H groups in total. The van der Waals surface area contributed by atoms with Crippen molar-refractivity contribution in [3.05, 3.63) is 48.0 Å². The second-order valence-electron chi connectivity index (χ2n) is 4.20. The van der Waals surface area contributed by atoms with Gasteiger partial charge in [0.2, 0.25) is 0 Å². The van der Waals surface area contributed by atoms with E-state index in [-0.39, 0.29) is 5.97 Å². The number of hydrogen-bond donors (Lipinski definition) is 1. The van der Waals surface area contributed by atoms with Gasteiger partial charge in [-0.25, -0.2) is 9.78 Å². The Morgan fingerprint density at radius 2 is 2.11 bits per heavy atom. The molecule has 0 amide bonds. The molecule has 19 heavy (non-hydrogen) atoms. The molecule has 0 aliphatic rings. The first kappa shape index (κ1) is 13.1. The van der Waals surface area contributed by atoms with Gasteiger partial charge in [-0.15, -0.1) is 0 Å². The second kappa shape index (κ2) is 5.56. The molecule has 5 nitrogen and oxygen atoms in total. The van der Waals surface area contributed by atoms with Crippen LogP contribution in [0, 0.1) is 6.92 Å². The molecule has 0 fully saturated rings. The normalized spacial score (nSPS) is 12.1. The molecule has 1 unspecified atom stereocenters. The molecule has 1 heterocycles. The fourth-order valence-electron chi connectivity index (χ4n) is 1.97. The fraction of sp³-hybridized carbons (Fsp3) is 0.286. The van der Waals surface area contributed by atoms with Crippen molar-refractivity contribution < 1.29 is 9.53 Å². The fourth-order valence-corrected chi connectivity index (χ4v) is 1.97. The van der Waals surface area contributed by atoms with E-state index in [4.69, 9.17) is 10.5 Å². The Labute approximate surface area is 112 Å². The maximum absolute atomic E-state index is 12.2. The van der Waals surface area contributed by atoms with Gasteiger partial charge in [0.15, 0.2) is 6.04 Å². The van der Waals surface area contributed by atoms with E-state index in [9.17, 15) is 4.79 Å². The van der Waals surface area contributed by atoms with E-state index in [2.05, 4.69) is 4.98 Å². The number of benzene rings is 1. The first-order valence-electron chi connectivity index (χ1n) is 6.15. The molecular formula is C14H17N3O2. The zero-order chi connectivity index (χ0) is 13.8. The topological polar surface area (TPSA) is 70.1 Å². The van der Waals surface area contributed by atoms with Gasteiger partial charge in [0.25, 0.3) is 0 Å². The van der Waals surface area contributed by atoms with Gasteiger partial charge < -0.3 is 15.0 Å². The summed E-state index contributed by atoms with van der Waals surface area (Å²) in [6.07, 6.45) is 3.44. The van der Waals surface area contributed by atoms with Crippen molar-refractivity contribution in [3.63, 3.8) is 0 Å². The Hall–Kier alpha value is -2.30. The zero-order valence-electron chi connectivity index (χ0n) is 11.0. The van der Waals surface area contributed by atoms with Crippen molar-refractivity contribution in [2.24, 2.45) is 0 Å². The lowest BCUT2D eigenvalue weighted by atomic mass is 10.1. The van der Waals surface area contributed by atoms with E-state index < -0.39 is 6.04 Å². The third-order valence-corrected chi connectivity index (χ3v) is 2.90. The summed E-state index contributed by atoms with van der Waals surface area (Å²) >= 11 is 0. The van der Waals surface area contributed by atoms with Crippen LogP contribution in [0.5, 0.6) is 0 Å². The van der Waals surface area contributed by atoms with Crippen LogP contribution >= 0.6 is 0 Å². The van der Waals surface area contributed by atoms with Crippen LogP contribution in [0.15, 0.2) is 36.7 Å². The number of aromatic nitrogens is 2. The monoisotopic (exact) mass is 259 g/mol. The minimum absolute atomic E-state index is 0.298. The van der Waals surface area contributed by atoms with E-state index in [0.29, 0.717) is 12.3 Å². The lowest BCUT2D eigenvalue weighted by Gasteiger charge is -2.19. The molecular weight excluding hydrogens is 242 g/mol. The Kier molecular flexibility index (Phi) is 3.85. The van der Waals surface area contributed by atoms with Crippen molar-refractivity contribution in [3.8, 4) is 0 Å². The van der Waals surface area contributed by atoms with E-state index >= 15 is 0 Å². The molecule has 100 valence electrons. The molecule has 1 aromatic carbocycles. The molecule has 0 aliphatic carbocycles. The summed E-state index contributed by atoms with van der Waals surface area (Å²) in [4.78, 5) is 16.3. The van der Waals surface area contributed by atoms with Crippen molar-refractivity contribution in [2.75, 3.05) is 12.3 Å². The molecule has 0 aliphatic heterocycles. The van der Waals surface area contributed by atoms with Crippen LogP contribution < -0.4 is 5.73 Å². The highest BCUT2D eigenvalue weighted by Gasteiger charge is 2.24. The van der Waals surface area contributed by atoms with Gasteiger partial charge in [-0.1, -0.05) is 12.1 Å². The van der Waals surface area contributed by atoms with Gasteiger partial charge in [-0.2, -0.15) is 0 Å². The number of ether oxygens (including phenoxy) is 1. The van der Waals surface area contributed by atoms with Crippen LogP contribution in [-0.2, 0) is 9.53 Å². The molecule has 0 saturated heterocycles. The van der Waals surface area contributed by atoms with Crippen molar-refractivity contribution >= 4 is 11.7 Å². The number of carbonyl (C=O) groups is 1. The molecule has 2 aromatic rings. The Bertz CT molecular complexity index is 560. The predicted octanol–water partition coefficient (Wildman–Crippen LogP) is 1.93. The highest BCUT2D eigenvalue weighted by atomic mass is 16.5. The molecule has 0 spiro atoms. The number of imidazole rings is 1. The quantitative estimate of drug-likeness (QED) is 0.672. The molecule has 5 heteroatoms. The van der Waals surface area contributed by atoms with Crippen LogP contribution in [0.1, 0.15) is 24.4 Å². The number of esters is 1. The van der Waals surface area contributed by atoms with Gasteiger partial charge in [-0.05, 0) is 31.5 Å². The molecule has 0 saturated carbocycles. The highest BCUT2D eigenvalue weighted by molar-refractivity contribution is 5.78. The Morgan fingerprint density at radius 3 is 2.63 bits per heavy atom. The summed E-state index contributed by atoms with van der Waals surface area (Å²) in [6, 6.07) is 6.68. The van der Waals surface area contributed by atoms with Gasteiger partial charge in [-0.3, -0.25) is 0 Å². The van der Waals surface area contributed by atoms with Gasteiger partial charge >= 0.3 is 5.97 Å². The lowest BCUT2D eigenvalue weighted by molar-refractivity contribution is -0.145. The summed E-state index contributed by atoms with van der Waals surface area (Å²) in [5.74, 6) is 0.461. The van der Waals surface area contributed by atoms with E-state index in [1.165, 1.54) is 0 Å². The first-order valence-corrected chi connectivity index (χ1v) is 6.15. The Morgan fingerprint density at radius 1 is 1.42 bits per heavy atom. The van der Waals surface area contributed by atoms with Crippen molar-refractivity contribution in [1.82, 2.24) is 9.55 Å². The SMILES string of the molecule is CCOC(=O)C(c1ccc(N)cc1)n1ccnc1C. The molecule has 0 radical (unpaired) electrons. The van der Waals surface area contributed by atoms with Crippen LogP contribution in [0.3, 0.4) is 0 Å². The lowest BCUT2D eigenvalue weighted by Crippen LogP contribution is -2.23. The number of anilines is 1. The summed E-state index contributed by atoms with van der Waals surface area (Å²) in [7, 11) is 0. The second-order valence-corrected chi connectivity index (χ2v) is 4.20. The minimum Gasteiger partial charge on any atom is -0.464 e. The van der Waals surface area contributed by atoms with Crippen LogP contribution in [0.2, 0.25) is 0 Å². The zero-order valence-corrected chi connectivity index (χ0v) is 11.0. The van der Waals surface area contributed by atoms with Crippen molar-refractivity contribution in [2.45, 2.75) is 19.9 Å². The summed E-state index contributed by atoms with van der Waals surface area (Å²) < 4.78 is 6.94. The van der Waals surface area contributed by atoms with E-state index in [1.807, 2.05) is 19.1 Å². The van der Waals surface area contributed by atoms with Crippen LogP contribution in [0.25, 0.3) is 0 Å². The molecule has 1 aromatic heterocycles. The largest absolute Gasteiger partial charge is 0.464 e. The smallest absolute Gasteiger partial charge is 0.333 e. The first-order chi connectivity index (χ1) is 9.13. The number of nitrogens with zero attached hydrogens (tertiary/aromatic N) is 2. The molecule has 1 atom stereocenters. The maximum Gasteiger partial charge on any atom is 0.333 e. The predicted molar refractivity (Wildman–Crippen MR) is 72.6 cm³/mol. The Balaban J connectivity index is 2.43. The number of aryl methyl sites for hydroxylation is 1. The van der Waals surface area contributed by atoms with Crippen LogP contribution in [-0.4, -0.2) is 22.1 Å². The van der Waals surface area contributed by atoms with Gasteiger partial charge in [0, 0.05) is 18.1 Å². The maximum atomic E-state index is 12.2. The minimum atomic E-state index is -0.525. The number of carbonyl (C=O) groups excluding carboxylic acids is 1. The average molecular weight is 259 g/mol. The summed E-state index contributed by atoms with van der Waals surface area (Å²) in [5, 5.41) is 0. The van der Waals surface area contributed by atoms with E-state index in [0.717, 1.165) is 11.4 Å². The van der Waals surface area contributed by atoms with E-state index in [1.54, 1.807) is 36.0 Å². The van der Waals surface area contributed by atoms with Crippen LogP contribution in [0.4, 0.5) is 5.69 Å². The van der Waals surface area contributed by atoms with Gasteiger partial charge in [0.05, 0.1) is 6.61 Å². The number of hydrogen-bond acceptors (Lipinski definition) is 4. The third-order valence-electron chi connectivity index (χ3n) is 2.90. The highest BCUT2D eigenvalue weighted by Crippen LogP contribution is 2.22.